The van der Waals surface area contributed by atoms with Crippen molar-refractivity contribution >= 4 is 23.2 Å². The van der Waals surface area contributed by atoms with Crippen LogP contribution in [0.15, 0.2) is 30.3 Å². The minimum absolute atomic E-state index is 0.416. The van der Waals surface area contributed by atoms with Crippen LogP contribution >= 0.6 is 23.2 Å². The Morgan fingerprint density at radius 3 is 2.12 bits per heavy atom. The summed E-state index contributed by atoms with van der Waals surface area (Å²) < 4.78 is 0. The average Bonchev–Trinajstić information content (AvgIpc) is 2.30. The number of hydrogen-bond acceptors (Lipinski definition) is 2. The van der Waals surface area contributed by atoms with E-state index in [0.717, 1.165) is 18.4 Å². The van der Waals surface area contributed by atoms with Gasteiger partial charge in [0.05, 0.1) is 5.56 Å². The zero-order valence-electron chi connectivity index (χ0n) is 9.45. The van der Waals surface area contributed by atoms with Crippen LogP contribution in [0.1, 0.15) is 19.2 Å². The molecule has 4 heteroatoms. The minimum Gasteiger partial charge on any atom is -0.220 e. The highest BCUT2D eigenvalue weighted by Gasteiger charge is 2.12. The van der Waals surface area contributed by atoms with Crippen molar-refractivity contribution in [3.63, 3.8) is 0 Å². The third-order valence-electron chi connectivity index (χ3n) is 2.40. The molecule has 0 atom stereocenters. The van der Waals surface area contributed by atoms with Gasteiger partial charge in [0, 0.05) is 6.42 Å². The lowest BCUT2D eigenvalue weighted by Gasteiger charge is -2.07. The molecule has 0 N–H and O–H groups in total. The Kier molecular flexibility index (Phi) is 3.97. The predicted octanol–water partition coefficient (Wildman–Crippen LogP) is 4.40. The van der Waals surface area contributed by atoms with E-state index in [1.165, 1.54) is 0 Å². The second kappa shape index (κ2) is 5.48. The van der Waals surface area contributed by atoms with Crippen molar-refractivity contribution < 1.29 is 0 Å². The Morgan fingerprint density at radius 2 is 1.59 bits per heavy atom. The number of hydrogen-bond donors (Lipinski definition) is 0. The Bertz CT molecular complexity index is 489. The molecule has 0 aliphatic heterocycles. The predicted molar refractivity (Wildman–Crippen MR) is 71.5 cm³/mol. The van der Waals surface area contributed by atoms with Crippen LogP contribution in [0.25, 0.3) is 11.1 Å². The Balaban J connectivity index is 2.49. The summed E-state index contributed by atoms with van der Waals surface area (Å²) in [6.45, 7) is 2.07. The van der Waals surface area contributed by atoms with E-state index in [0.29, 0.717) is 21.7 Å². The molecule has 0 fully saturated rings. The normalized spacial score (nSPS) is 10.5. The monoisotopic (exact) mass is 266 g/mol. The van der Waals surface area contributed by atoms with Crippen molar-refractivity contribution in [2.75, 3.05) is 0 Å². The topological polar surface area (TPSA) is 25.8 Å². The van der Waals surface area contributed by atoms with E-state index in [1.807, 2.05) is 30.3 Å². The third-order valence-corrected chi connectivity index (χ3v) is 2.95. The first-order chi connectivity index (χ1) is 8.22. The van der Waals surface area contributed by atoms with Crippen molar-refractivity contribution in [3.8, 4) is 11.1 Å². The Labute approximate surface area is 111 Å². The summed E-state index contributed by atoms with van der Waals surface area (Å²) in [5.41, 5.74) is 1.64. The van der Waals surface area contributed by atoms with Crippen molar-refractivity contribution in [1.82, 2.24) is 9.97 Å². The molecule has 2 rings (SSSR count). The van der Waals surface area contributed by atoms with E-state index in [-0.39, 0.29) is 0 Å². The number of nitrogens with zero attached hydrogens (tertiary/aromatic N) is 2. The van der Waals surface area contributed by atoms with Gasteiger partial charge in [0.25, 0.3) is 0 Å². The molecule has 0 unspecified atom stereocenters. The van der Waals surface area contributed by atoms with Crippen molar-refractivity contribution in [2.45, 2.75) is 19.8 Å². The maximum absolute atomic E-state index is 6.17. The van der Waals surface area contributed by atoms with Crippen LogP contribution in [-0.2, 0) is 6.42 Å². The molecular weight excluding hydrogens is 255 g/mol. The van der Waals surface area contributed by atoms with Gasteiger partial charge < -0.3 is 0 Å². The van der Waals surface area contributed by atoms with E-state index in [2.05, 4.69) is 16.9 Å². The summed E-state index contributed by atoms with van der Waals surface area (Å²) in [6.07, 6.45) is 1.76. The highest BCUT2D eigenvalue weighted by molar-refractivity contribution is 6.37. The first-order valence-corrected chi connectivity index (χ1v) is 6.25. The smallest absolute Gasteiger partial charge is 0.142 e. The minimum atomic E-state index is 0.416. The van der Waals surface area contributed by atoms with Gasteiger partial charge >= 0.3 is 0 Å². The Morgan fingerprint density at radius 1 is 1.00 bits per heavy atom. The van der Waals surface area contributed by atoms with Gasteiger partial charge in [-0.2, -0.15) is 0 Å². The molecule has 1 aromatic heterocycles. The molecule has 1 aromatic carbocycles. The van der Waals surface area contributed by atoms with Crippen molar-refractivity contribution in [1.29, 1.82) is 0 Å². The lowest BCUT2D eigenvalue weighted by atomic mass is 10.1. The molecule has 0 aliphatic carbocycles. The summed E-state index contributed by atoms with van der Waals surface area (Å²) in [6, 6.07) is 9.69. The van der Waals surface area contributed by atoms with Crippen LogP contribution in [0.4, 0.5) is 0 Å². The molecule has 1 heterocycles. The Hall–Kier alpha value is -1.12. The molecular formula is C13H12Cl2N2. The largest absolute Gasteiger partial charge is 0.220 e. The highest BCUT2D eigenvalue weighted by Crippen LogP contribution is 2.32. The van der Waals surface area contributed by atoms with Gasteiger partial charge in [-0.05, 0) is 12.0 Å². The molecule has 0 saturated heterocycles. The van der Waals surface area contributed by atoms with Crippen molar-refractivity contribution in [2.24, 2.45) is 0 Å². The van der Waals surface area contributed by atoms with Crippen LogP contribution in [0.2, 0.25) is 10.3 Å². The van der Waals surface area contributed by atoms with Gasteiger partial charge in [-0.3, -0.25) is 0 Å². The number of rotatable bonds is 3. The van der Waals surface area contributed by atoms with E-state index >= 15 is 0 Å². The van der Waals surface area contributed by atoms with Gasteiger partial charge in [0.15, 0.2) is 0 Å². The number of benzene rings is 1. The molecule has 0 spiro atoms. The molecule has 0 bridgehead atoms. The van der Waals surface area contributed by atoms with Crippen molar-refractivity contribution in [3.05, 3.63) is 46.5 Å². The van der Waals surface area contributed by atoms with Crippen LogP contribution in [-0.4, -0.2) is 9.97 Å². The second-order valence-corrected chi connectivity index (χ2v) is 4.43. The molecule has 2 aromatic rings. The molecule has 0 saturated carbocycles. The zero-order valence-corrected chi connectivity index (χ0v) is 11.0. The molecule has 0 radical (unpaired) electrons. The van der Waals surface area contributed by atoms with Crippen LogP contribution < -0.4 is 0 Å². The quantitative estimate of drug-likeness (QED) is 0.770. The van der Waals surface area contributed by atoms with Gasteiger partial charge in [0.2, 0.25) is 0 Å². The lowest BCUT2D eigenvalue weighted by Crippen LogP contribution is -1.98. The number of aryl methyl sites for hydroxylation is 1. The first kappa shape index (κ1) is 12.3. The third kappa shape index (κ3) is 2.76. The van der Waals surface area contributed by atoms with E-state index in [4.69, 9.17) is 23.2 Å². The maximum Gasteiger partial charge on any atom is 0.142 e. The van der Waals surface area contributed by atoms with Crippen LogP contribution in [0.3, 0.4) is 0 Å². The van der Waals surface area contributed by atoms with E-state index in [9.17, 15) is 0 Å². The molecule has 17 heavy (non-hydrogen) atoms. The van der Waals surface area contributed by atoms with Gasteiger partial charge in [-0.1, -0.05) is 60.5 Å². The zero-order chi connectivity index (χ0) is 12.3. The summed E-state index contributed by atoms with van der Waals surface area (Å²) in [5, 5.41) is 0.833. The number of aromatic nitrogens is 2. The van der Waals surface area contributed by atoms with Gasteiger partial charge in [-0.15, -0.1) is 0 Å². The van der Waals surface area contributed by atoms with Crippen LogP contribution in [0.5, 0.6) is 0 Å². The molecule has 88 valence electrons. The number of halogens is 2. The van der Waals surface area contributed by atoms with E-state index < -0.39 is 0 Å². The fourth-order valence-electron chi connectivity index (χ4n) is 1.63. The lowest BCUT2D eigenvalue weighted by molar-refractivity contribution is 0.835. The van der Waals surface area contributed by atoms with Gasteiger partial charge in [0.1, 0.15) is 16.1 Å². The fraction of sp³-hybridized carbons (Fsp3) is 0.231. The van der Waals surface area contributed by atoms with Gasteiger partial charge in [-0.25, -0.2) is 9.97 Å². The first-order valence-electron chi connectivity index (χ1n) is 5.49. The summed E-state index contributed by atoms with van der Waals surface area (Å²) in [7, 11) is 0. The summed E-state index contributed by atoms with van der Waals surface area (Å²) in [4.78, 5) is 8.54. The fourth-order valence-corrected chi connectivity index (χ4v) is 2.27. The SMILES string of the molecule is CCCc1nc(Cl)c(-c2ccccc2)c(Cl)n1. The average molecular weight is 267 g/mol. The summed E-state index contributed by atoms with van der Waals surface area (Å²) >= 11 is 12.3. The highest BCUT2D eigenvalue weighted by atomic mass is 35.5. The van der Waals surface area contributed by atoms with E-state index in [1.54, 1.807) is 0 Å². The molecule has 2 nitrogen and oxygen atoms in total. The second-order valence-electron chi connectivity index (χ2n) is 3.71. The summed E-state index contributed by atoms with van der Waals surface area (Å²) in [5.74, 6) is 0.696. The maximum atomic E-state index is 6.17. The van der Waals surface area contributed by atoms with Crippen LogP contribution in [0, 0.1) is 0 Å². The molecule has 0 amide bonds. The molecule has 0 aliphatic rings. The standard InChI is InChI=1S/C13H12Cl2N2/c1-2-6-10-16-12(14)11(13(15)17-10)9-7-4-3-5-8-9/h3-5,7-8H,2,6H2,1H3.